The molecule has 4 nitrogen and oxygen atoms in total. The van der Waals surface area contributed by atoms with Gasteiger partial charge < -0.3 is 10.2 Å². The average molecular weight is 459 g/mol. The van der Waals surface area contributed by atoms with Gasteiger partial charge in [0.25, 0.3) is 0 Å². The lowest BCUT2D eigenvalue weighted by molar-refractivity contribution is -0.142. The zero-order valence-corrected chi connectivity index (χ0v) is 19.1. The number of hydrogen-bond donors (Lipinski definition) is 1. The Kier molecular flexibility index (Phi) is 7.59. The lowest BCUT2D eigenvalue weighted by atomic mass is 9.81. The Morgan fingerprint density at radius 2 is 1.36 bits per heavy atom. The van der Waals surface area contributed by atoms with Crippen LogP contribution in [0.4, 0.5) is 5.69 Å². The van der Waals surface area contributed by atoms with Crippen LogP contribution in [0, 0.1) is 11.8 Å². The SMILES string of the molecule is O=C(Nc1cccc(Cl)c1)C1CC=CCC1C(=O)N(Cc1ccccc1)Cc1ccccc1. The van der Waals surface area contributed by atoms with Gasteiger partial charge in [-0.05, 0) is 42.2 Å². The highest BCUT2D eigenvalue weighted by Crippen LogP contribution is 2.30. The van der Waals surface area contributed by atoms with E-state index in [0.717, 1.165) is 11.1 Å². The quantitative estimate of drug-likeness (QED) is 0.435. The fourth-order valence-electron chi connectivity index (χ4n) is 4.23. The van der Waals surface area contributed by atoms with E-state index in [9.17, 15) is 9.59 Å². The third kappa shape index (κ3) is 6.11. The number of nitrogens with zero attached hydrogens (tertiary/aromatic N) is 1. The van der Waals surface area contributed by atoms with E-state index in [4.69, 9.17) is 11.6 Å². The standard InChI is InChI=1S/C28H27ClN2O2/c29-23-14-9-15-24(18-23)30-27(32)25-16-7-8-17-26(25)28(33)31(19-21-10-3-1-4-11-21)20-22-12-5-2-6-13-22/h1-15,18,25-26H,16-17,19-20H2,(H,30,32). The number of allylic oxidation sites excluding steroid dienone is 2. The van der Waals surface area contributed by atoms with Gasteiger partial charge in [-0.15, -0.1) is 0 Å². The molecule has 33 heavy (non-hydrogen) atoms. The fraction of sp³-hybridized carbons (Fsp3) is 0.214. The van der Waals surface area contributed by atoms with Gasteiger partial charge in [-0.1, -0.05) is 90.5 Å². The third-order valence-corrected chi connectivity index (χ3v) is 6.16. The molecule has 3 aromatic carbocycles. The van der Waals surface area contributed by atoms with E-state index in [2.05, 4.69) is 5.32 Å². The van der Waals surface area contributed by atoms with E-state index in [0.29, 0.717) is 36.6 Å². The van der Waals surface area contributed by atoms with Gasteiger partial charge in [-0.2, -0.15) is 0 Å². The van der Waals surface area contributed by atoms with Crippen molar-refractivity contribution in [1.82, 2.24) is 4.90 Å². The highest BCUT2D eigenvalue weighted by atomic mass is 35.5. The summed E-state index contributed by atoms with van der Waals surface area (Å²) in [7, 11) is 0. The van der Waals surface area contributed by atoms with Crippen LogP contribution in [-0.4, -0.2) is 16.7 Å². The van der Waals surface area contributed by atoms with Crippen LogP contribution >= 0.6 is 11.6 Å². The second-order valence-electron chi connectivity index (χ2n) is 8.32. The molecule has 5 heteroatoms. The Morgan fingerprint density at radius 1 is 0.788 bits per heavy atom. The van der Waals surface area contributed by atoms with E-state index in [1.54, 1.807) is 24.3 Å². The smallest absolute Gasteiger partial charge is 0.228 e. The summed E-state index contributed by atoms with van der Waals surface area (Å²) < 4.78 is 0. The highest BCUT2D eigenvalue weighted by Gasteiger charge is 2.36. The Balaban J connectivity index is 1.55. The van der Waals surface area contributed by atoms with Crippen molar-refractivity contribution in [2.45, 2.75) is 25.9 Å². The molecule has 0 spiro atoms. The second kappa shape index (κ2) is 11.0. The molecule has 0 aromatic heterocycles. The first-order valence-electron chi connectivity index (χ1n) is 11.2. The summed E-state index contributed by atoms with van der Waals surface area (Å²) in [4.78, 5) is 28.9. The molecule has 1 aliphatic carbocycles. The Labute approximate surface area is 199 Å². The first-order valence-corrected chi connectivity index (χ1v) is 11.6. The molecule has 2 amide bonds. The van der Waals surface area contributed by atoms with Gasteiger partial charge in [0.15, 0.2) is 0 Å². The van der Waals surface area contributed by atoms with Gasteiger partial charge in [-0.25, -0.2) is 0 Å². The van der Waals surface area contributed by atoms with E-state index < -0.39 is 11.8 Å². The van der Waals surface area contributed by atoms with Gasteiger partial charge >= 0.3 is 0 Å². The third-order valence-electron chi connectivity index (χ3n) is 5.92. The Bertz CT molecular complexity index is 1070. The number of hydrogen-bond acceptors (Lipinski definition) is 2. The molecule has 0 bridgehead atoms. The maximum atomic E-state index is 13.8. The maximum absolute atomic E-state index is 13.8. The zero-order valence-electron chi connectivity index (χ0n) is 18.4. The van der Waals surface area contributed by atoms with Gasteiger partial charge in [0.05, 0.1) is 11.8 Å². The van der Waals surface area contributed by atoms with Crippen molar-refractivity contribution in [3.63, 3.8) is 0 Å². The predicted molar refractivity (Wildman–Crippen MR) is 133 cm³/mol. The summed E-state index contributed by atoms with van der Waals surface area (Å²) in [6.45, 7) is 0.995. The number of carbonyl (C=O) groups is 2. The number of benzene rings is 3. The first-order chi connectivity index (χ1) is 16.1. The molecule has 4 rings (SSSR count). The number of anilines is 1. The number of carbonyl (C=O) groups excluding carboxylic acids is 2. The topological polar surface area (TPSA) is 49.4 Å². The lowest BCUT2D eigenvalue weighted by Gasteiger charge is -2.32. The molecule has 0 radical (unpaired) electrons. The van der Waals surface area contributed by atoms with Crippen LogP contribution in [0.1, 0.15) is 24.0 Å². The second-order valence-corrected chi connectivity index (χ2v) is 8.76. The molecule has 0 saturated carbocycles. The van der Waals surface area contributed by atoms with E-state index in [1.165, 1.54) is 0 Å². The molecule has 2 atom stereocenters. The highest BCUT2D eigenvalue weighted by molar-refractivity contribution is 6.30. The van der Waals surface area contributed by atoms with Crippen molar-refractivity contribution in [1.29, 1.82) is 0 Å². The normalized spacial score (nSPS) is 17.4. The molecule has 0 saturated heterocycles. The number of amides is 2. The summed E-state index contributed by atoms with van der Waals surface area (Å²) in [5.74, 6) is -1.00. The van der Waals surface area contributed by atoms with E-state index in [-0.39, 0.29) is 11.8 Å². The molecule has 2 unspecified atom stereocenters. The molecule has 168 valence electrons. The van der Waals surface area contributed by atoms with Crippen molar-refractivity contribution in [2.75, 3.05) is 5.32 Å². The van der Waals surface area contributed by atoms with Crippen molar-refractivity contribution in [3.8, 4) is 0 Å². The van der Waals surface area contributed by atoms with Gasteiger partial charge in [0.1, 0.15) is 0 Å². The number of nitrogens with one attached hydrogen (secondary N) is 1. The van der Waals surface area contributed by atoms with Crippen molar-refractivity contribution < 1.29 is 9.59 Å². The van der Waals surface area contributed by atoms with Crippen LogP contribution in [0.25, 0.3) is 0 Å². The van der Waals surface area contributed by atoms with Crippen molar-refractivity contribution >= 4 is 29.1 Å². The summed E-state index contributed by atoms with van der Waals surface area (Å²) in [6.07, 6.45) is 5.08. The zero-order chi connectivity index (χ0) is 23.0. The first kappa shape index (κ1) is 22.8. The monoisotopic (exact) mass is 458 g/mol. The number of halogens is 1. The minimum atomic E-state index is -0.435. The molecule has 0 heterocycles. The summed E-state index contributed by atoms with van der Waals surface area (Å²) >= 11 is 6.07. The summed E-state index contributed by atoms with van der Waals surface area (Å²) in [5.41, 5.74) is 2.76. The van der Waals surface area contributed by atoms with Crippen molar-refractivity contribution in [2.24, 2.45) is 11.8 Å². The minimum absolute atomic E-state index is 0.00157. The largest absolute Gasteiger partial charge is 0.334 e. The van der Waals surface area contributed by atoms with Gasteiger partial charge in [0, 0.05) is 23.8 Å². The Morgan fingerprint density at radius 3 is 1.94 bits per heavy atom. The molecule has 0 fully saturated rings. The van der Waals surface area contributed by atoms with Crippen LogP contribution in [0.2, 0.25) is 5.02 Å². The van der Waals surface area contributed by atoms with Crippen LogP contribution in [0.5, 0.6) is 0 Å². The van der Waals surface area contributed by atoms with E-state index in [1.807, 2.05) is 77.7 Å². The summed E-state index contributed by atoms with van der Waals surface area (Å²) in [5, 5.41) is 3.50. The molecule has 0 aliphatic heterocycles. The Hall–Kier alpha value is -3.37. The van der Waals surface area contributed by atoms with Gasteiger partial charge in [-0.3, -0.25) is 9.59 Å². The lowest BCUT2D eigenvalue weighted by Crippen LogP contribution is -2.42. The van der Waals surface area contributed by atoms with Crippen LogP contribution in [-0.2, 0) is 22.7 Å². The number of rotatable bonds is 7. The minimum Gasteiger partial charge on any atom is -0.334 e. The maximum Gasteiger partial charge on any atom is 0.228 e. The van der Waals surface area contributed by atoms with Crippen LogP contribution in [0.3, 0.4) is 0 Å². The fourth-order valence-corrected chi connectivity index (χ4v) is 4.42. The molecule has 1 aliphatic rings. The molecule has 1 N–H and O–H groups in total. The van der Waals surface area contributed by atoms with Crippen LogP contribution in [0.15, 0.2) is 97.1 Å². The summed E-state index contributed by atoms with van der Waals surface area (Å²) in [6, 6.07) is 27.0. The van der Waals surface area contributed by atoms with E-state index >= 15 is 0 Å². The average Bonchev–Trinajstić information content (AvgIpc) is 2.84. The molecule has 3 aromatic rings. The van der Waals surface area contributed by atoms with Crippen molar-refractivity contribution in [3.05, 3.63) is 113 Å². The molecular weight excluding hydrogens is 432 g/mol. The van der Waals surface area contributed by atoms with Gasteiger partial charge in [0.2, 0.25) is 11.8 Å². The predicted octanol–water partition coefficient (Wildman–Crippen LogP) is 6.09. The van der Waals surface area contributed by atoms with Crippen LogP contribution < -0.4 is 5.32 Å². The molecular formula is C28H27ClN2O2.